The van der Waals surface area contributed by atoms with Crippen molar-refractivity contribution in [3.8, 4) is 0 Å². The van der Waals surface area contributed by atoms with Gasteiger partial charge >= 0.3 is 0 Å². The van der Waals surface area contributed by atoms with Gasteiger partial charge in [0.2, 0.25) is 0 Å². The van der Waals surface area contributed by atoms with Crippen molar-refractivity contribution in [1.82, 2.24) is 5.32 Å². The number of nitrogens with one attached hydrogen (secondary N) is 1. The third kappa shape index (κ3) is 1.74. The molecule has 18 heavy (non-hydrogen) atoms. The Morgan fingerprint density at radius 3 is 2.78 bits per heavy atom. The van der Waals surface area contributed by atoms with Crippen LogP contribution in [0.25, 0.3) is 0 Å². The molecular weight excluding hydrogens is 220 g/mol. The Kier molecular flexibility index (Phi) is 2.25. The summed E-state index contributed by atoms with van der Waals surface area (Å²) in [4.78, 5) is 0. The van der Waals surface area contributed by atoms with Gasteiger partial charge in [-0.1, -0.05) is 6.07 Å². The van der Waals surface area contributed by atoms with Gasteiger partial charge in [0.05, 0.1) is 0 Å². The van der Waals surface area contributed by atoms with Crippen molar-refractivity contribution in [2.24, 2.45) is 11.3 Å². The molecule has 0 aromatic heterocycles. The third-order valence-corrected chi connectivity index (χ3v) is 5.28. The maximum Gasteiger partial charge on any atom is 0.0326 e. The molecule has 0 heterocycles. The van der Waals surface area contributed by atoms with Crippen molar-refractivity contribution in [3.05, 3.63) is 29.3 Å². The molecule has 4 rings (SSSR count). The van der Waals surface area contributed by atoms with Gasteiger partial charge in [0.15, 0.2) is 0 Å². The molecule has 0 amide bonds. The molecule has 3 aliphatic rings. The molecule has 0 spiro atoms. The summed E-state index contributed by atoms with van der Waals surface area (Å²) in [5, 5.41) is 3.84. The molecule has 0 bridgehead atoms. The number of rotatable bonds is 4. The van der Waals surface area contributed by atoms with Crippen LogP contribution in [0.4, 0.5) is 5.69 Å². The first kappa shape index (κ1) is 10.9. The van der Waals surface area contributed by atoms with Crippen molar-refractivity contribution in [2.45, 2.75) is 44.6 Å². The van der Waals surface area contributed by atoms with E-state index in [1.807, 2.05) is 6.07 Å². The number of benzene rings is 1. The Morgan fingerprint density at radius 2 is 2.06 bits per heavy atom. The molecule has 0 saturated heterocycles. The van der Waals surface area contributed by atoms with Gasteiger partial charge in [-0.3, -0.25) is 0 Å². The predicted octanol–water partition coefficient (Wildman–Crippen LogP) is 3.04. The van der Waals surface area contributed by atoms with E-state index in [0.29, 0.717) is 11.5 Å². The molecule has 2 heteroatoms. The number of anilines is 1. The number of nitrogens with two attached hydrogens (primary N) is 1. The van der Waals surface area contributed by atoms with Crippen molar-refractivity contribution >= 4 is 5.69 Å². The monoisotopic (exact) mass is 242 g/mol. The van der Waals surface area contributed by atoms with E-state index in [4.69, 9.17) is 5.73 Å². The number of fused-ring (bicyclic) bond motifs is 1. The summed E-state index contributed by atoms with van der Waals surface area (Å²) in [5.74, 6) is 1.05. The minimum atomic E-state index is 0.580. The van der Waals surface area contributed by atoms with Gasteiger partial charge in [-0.05, 0) is 73.1 Å². The largest absolute Gasteiger partial charge is 0.399 e. The molecular formula is C16H22N2. The highest BCUT2D eigenvalue weighted by Gasteiger charge is 2.53. The van der Waals surface area contributed by atoms with E-state index in [1.54, 1.807) is 0 Å². The number of aryl methyl sites for hydroxylation is 1. The van der Waals surface area contributed by atoms with E-state index >= 15 is 0 Å². The Hall–Kier alpha value is -1.02. The van der Waals surface area contributed by atoms with Gasteiger partial charge < -0.3 is 11.1 Å². The molecule has 1 aromatic rings. The first-order chi connectivity index (χ1) is 8.77. The zero-order valence-corrected chi connectivity index (χ0v) is 10.9. The molecule has 1 unspecified atom stereocenters. The maximum atomic E-state index is 5.86. The predicted molar refractivity (Wildman–Crippen MR) is 74.3 cm³/mol. The van der Waals surface area contributed by atoms with E-state index in [-0.39, 0.29) is 0 Å². The van der Waals surface area contributed by atoms with Gasteiger partial charge in [-0.2, -0.15) is 0 Å². The Labute approximate surface area is 109 Å². The lowest BCUT2D eigenvalue weighted by atomic mass is 9.99. The first-order valence-electron chi connectivity index (χ1n) is 7.39. The molecule has 2 nitrogen and oxygen atoms in total. The van der Waals surface area contributed by atoms with Gasteiger partial charge in [-0.25, -0.2) is 0 Å². The van der Waals surface area contributed by atoms with Crippen LogP contribution in [0.5, 0.6) is 0 Å². The number of nitrogen functional groups attached to an aromatic ring is 1. The molecule has 2 saturated carbocycles. The lowest BCUT2D eigenvalue weighted by Gasteiger charge is -2.20. The van der Waals surface area contributed by atoms with Crippen molar-refractivity contribution in [3.63, 3.8) is 0 Å². The average molecular weight is 242 g/mol. The summed E-state index contributed by atoms with van der Waals surface area (Å²) in [6.45, 7) is 1.24. The Bertz CT molecular complexity index is 472. The fourth-order valence-corrected chi connectivity index (χ4v) is 3.76. The minimum Gasteiger partial charge on any atom is -0.399 e. The highest BCUT2D eigenvalue weighted by atomic mass is 14.9. The molecule has 1 aromatic carbocycles. The van der Waals surface area contributed by atoms with Gasteiger partial charge in [-0.15, -0.1) is 0 Å². The molecule has 0 radical (unpaired) electrons. The number of hydrogen-bond donors (Lipinski definition) is 2. The van der Waals surface area contributed by atoms with Crippen LogP contribution < -0.4 is 11.1 Å². The summed E-state index contributed by atoms with van der Waals surface area (Å²) >= 11 is 0. The smallest absolute Gasteiger partial charge is 0.0326 e. The fraction of sp³-hybridized carbons (Fsp3) is 0.625. The highest BCUT2D eigenvalue weighted by molar-refractivity contribution is 5.47. The van der Waals surface area contributed by atoms with Gasteiger partial charge in [0.25, 0.3) is 0 Å². The molecule has 1 atom stereocenters. The standard InChI is InChI=1S/C16H22N2/c17-13-4-5-14-11(9-13)1-6-15(14)18-10-16(7-8-16)12-2-3-12/h4-5,9,12,15,18H,1-3,6-8,10,17H2. The van der Waals surface area contributed by atoms with Gasteiger partial charge in [0.1, 0.15) is 0 Å². The van der Waals surface area contributed by atoms with E-state index in [1.165, 1.54) is 56.2 Å². The van der Waals surface area contributed by atoms with Crippen LogP contribution in [0, 0.1) is 11.3 Å². The Morgan fingerprint density at radius 1 is 1.22 bits per heavy atom. The molecule has 3 N–H and O–H groups in total. The zero-order chi connectivity index (χ0) is 12.2. The summed E-state index contributed by atoms with van der Waals surface area (Å²) in [6.07, 6.45) is 8.34. The van der Waals surface area contributed by atoms with Crippen LogP contribution in [0.1, 0.15) is 49.3 Å². The third-order valence-electron chi connectivity index (χ3n) is 5.28. The second-order valence-corrected chi connectivity index (χ2v) is 6.57. The average Bonchev–Trinajstić information content (AvgIpc) is 3.24. The molecule has 3 aliphatic carbocycles. The first-order valence-corrected chi connectivity index (χ1v) is 7.39. The van der Waals surface area contributed by atoms with Crippen molar-refractivity contribution < 1.29 is 0 Å². The van der Waals surface area contributed by atoms with Crippen LogP contribution in [0.3, 0.4) is 0 Å². The molecule has 0 aliphatic heterocycles. The lowest BCUT2D eigenvalue weighted by Crippen LogP contribution is -2.28. The van der Waals surface area contributed by atoms with Crippen molar-refractivity contribution in [1.29, 1.82) is 0 Å². The van der Waals surface area contributed by atoms with Crippen LogP contribution >= 0.6 is 0 Å². The SMILES string of the molecule is Nc1ccc2c(c1)CCC2NCC1(C2CC2)CC1. The molecule has 2 fully saturated rings. The Balaban J connectivity index is 1.45. The second-order valence-electron chi connectivity index (χ2n) is 6.57. The second kappa shape index (κ2) is 3.74. The summed E-state index contributed by atoms with van der Waals surface area (Å²) in [5.41, 5.74) is 10.4. The van der Waals surface area contributed by atoms with Gasteiger partial charge in [0, 0.05) is 18.3 Å². The fourth-order valence-electron chi connectivity index (χ4n) is 3.76. The number of hydrogen-bond acceptors (Lipinski definition) is 2. The van der Waals surface area contributed by atoms with E-state index in [0.717, 1.165) is 11.6 Å². The van der Waals surface area contributed by atoms with Crippen LogP contribution in [-0.4, -0.2) is 6.54 Å². The van der Waals surface area contributed by atoms with Crippen LogP contribution in [-0.2, 0) is 6.42 Å². The highest BCUT2D eigenvalue weighted by Crippen LogP contribution is 2.61. The van der Waals surface area contributed by atoms with Crippen molar-refractivity contribution in [2.75, 3.05) is 12.3 Å². The lowest BCUT2D eigenvalue weighted by molar-refractivity contribution is 0.373. The van der Waals surface area contributed by atoms with E-state index < -0.39 is 0 Å². The topological polar surface area (TPSA) is 38.0 Å². The summed E-state index contributed by atoms with van der Waals surface area (Å²) in [7, 11) is 0. The van der Waals surface area contributed by atoms with E-state index in [9.17, 15) is 0 Å². The minimum absolute atomic E-state index is 0.580. The van der Waals surface area contributed by atoms with Crippen LogP contribution in [0.2, 0.25) is 0 Å². The normalized spacial score (nSPS) is 28.1. The maximum absolute atomic E-state index is 5.86. The summed E-state index contributed by atoms with van der Waals surface area (Å²) in [6, 6.07) is 7.01. The van der Waals surface area contributed by atoms with Crippen LogP contribution in [0.15, 0.2) is 18.2 Å². The van der Waals surface area contributed by atoms with E-state index in [2.05, 4.69) is 17.4 Å². The zero-order valence-electron chi connectivity index (χ0n) is 10.9. The quantitative estimate of drug-likeness (QED) is 0.796. The molecule has 96 valence electrons. The summed E-state index contributed by atoms with van der Waals surface area (Å²) < 4.78 is 0.